The molecule has 0 spiro atoms. The fraction of sp³-hybridized carbons (Fsp3) is 0.292. The maximum Gasteiger partial charge on any atom is 0.266 e. The van der Waals surface area contributed by atoms with Gasteiger partial charge in [-0.3, -0.25) is 14.5 Å². The van der Waals surface area contributed by atoms with Gasteiger partial charge in [0.25, 0.3) is 5.91 Å². The zero-order valence-electron chi connectivity index (χ0n) is 17.5. The molecule has 3 rings (SSSR count). The minimum atomic E-state index is -0.0384. The molecular weight excluding hydrogens is 428 g/mol. The van der Waals surface area contributed by atoms with Gasteiger partial charge in [0.05, 0.1) is 17.2 Å². The monoisotopic (exact) mass is 454 g/mol. The zero-order valence-corrected chi connectivity index (χ0v) is 19.1. The van der Waals surface area contributed by atoms with Crippen LogP contribution in [0.25, 0.3) is 6.08 Å². The Morgan fingerprint density at radius 2 is 1.84 bits per heavy atom. The van der Waals surface area contributed by atoms with E-state index in [4.69, 9.17) is 17.0 Å². The van der Waals surface area contributed by atoms with E-state index in [2.05, 4.69) is 5.32 Å². The molecule has 2 aromatic carbocycles. The summed E-state index contributed by atoms with van der Waals surface area (Å²) in [5, 5.41) is 2.91. The van der Waals surface area contributed by atoms with Crippen LogP contribution in [0.4, 0.5) is 5.69 Å². The number of ether oxygens (including phenoxy) is 1. The number of hydrogen-bond acceptors (Lipinski definition) is 5. The van der Waals surface area contributed by atoms with E-state index in [0.29, 0.717) is 40.2 Å². The molecule has 0 aliphatic carbocycles. The van der Waals surface area contributed by atoms with Crippen molar-refractivity contribution >= 4 is 51.9 Å². The third-order valence-electron chi connectivity index (χ3n) is 4.72. The maximum absolute atomic E-state index is 12.7. The number of hydrogen-bond donors (Lipinski definition) is 1. The molecule has 1 aliphatic heterocycles. The molecule has 31 heavy (non-hydrogen) atoms. The molecule has 7 heteroatoms. The summed E-state index contributed by atoms with van der Waals surface area (Å²) >= 11 is 6.73. The second-order valence-corrected chi connectivity index (χ2v) is 8.71. The minimum Gasteiger partial charge on any atom is -0.492 e. The highest BCUT2D eigenvalue weighted by molar-refractivity contribution is 8.26. The molecule has 0 aromatic heterocycles. The molecule has 2 aromatic rings. The summed E-state index contributed by atoms with van der Waals surface area (Å²) in [5.74, 6) is 0.601. The first kappa shape index (κ1) is 23.0. The van der Waals surface area contributed by atoms with Crippen molar-refractivity contribution in [3.8, 4) is 5.75 Å². The Morgan fingerprint density at radius 3 is 2.61 bits per heavy atom. The van der Waals surface area contributed by atoms with Crippen LogP contribution in [0.2, 0.25) is 0 Å². The predicted octanol–water partition coefficient (Wildman–Crippen LogP) is 5.49. The van der Waals surface area contributed by atoms with Crippen molar-refractivity contribution in [3.05, 3.63) is 65.1 Å². The van der Waals surface area contributed by atoms with Crippen LogP contribution in [0, 0.1) is 0 Å². The first-order valence-corrected chi connectivity index (χ1v) is 11.6. The summed E-state index contributed by atoms with van der Waals surface area (Å²) in [6, 6.07) is 17.2. The molecular formula is C24H26N2O3S2. The molecule has 0 radical (unpaired) electrons. The number of anilines is 1. The summed E-state index contributed by atoms with van der Waals surface area (Å²) in [6.07, 6.45) is 4.69. The molecule has 1 fully saturated rings. The lowest BCUT2D eigenvalue weighted by molar-refractivity contribution is -0.122. The average molecular weight is 455 g/mol. The van der Waals surface area contributed by atoms with Crippen LogP contribution < -0.4 is 10.1 Å². The normalized spacial score (nSPS) is 14.9. The predicted molar refractivity (Wildman–Crippen MR) is 131 cm³/mol. The van der Waals surface area contributed by atoms with Crippen molar-refractivity contribution < 1.29 is 14.3 Å². The van der Waals surface area contributed by atoms with Gasteiger partial charge in [0.2, 0.25) is 5.91 Å². The Kier molecular flexibility index (Phi) is 8.67. The van der Waals surface area contributed by atoms with Gasteiger partial charge >= 0.3 is 0 Å². The second-order valence-electron chi connectivity index (χ2n) is 7.03. The number of carbonyl (C=O) groups excluding carboxylic acids is 2. The smallest absolute Gasteiger partial charge is 0.266 e. The molecule has 1 heterocycles. The first-order chi connectivity index (χ1) is 15.1. The van der Waals surface area contributed by atoms with E-state index in [1.807, 2.05) is 67.6 Å². The Labute approximate surface area is 192 Å². The number of thiocarbonyl (C=S) groups is 1. The highest BCUT2D eigenvalue weighted by Crippen LogP contribution is 2.32. The van der Waals surface area contributed by atoms with E-state index in [0.717, 1.165) is 24.8 Å². The lowest BCUT2D eigenvalue weighted by atomic mass is 10.1. The Hall–Kier alpha value is -2.64. The standard InChI is InChI=1S/C24H26N2O3S2/c1-2-29-20-14-9-8-13-19(20)25-22(27)15-7-4-10-16-26-23(28)21(31-24(26)30)17-18-11-5-3-6-12-18/h3,5-6,8-9,11-14,17H,2,4,7,10,15-16H2,1H3,(H,25,27). The summed E-state index contributed by atoms with van der Waals surface area (Å²) in [5.41, 5.74) is 1.68. The fourth-order valence-corrected chi connectivity index (χ4v) is 4.50. The van der Waals surface area contributed by atoms with Crippen molar-refractivity contribution in [2.24, 2.45) is 0 Å². The van der Waals surface area contributed by atoms with E-state index in [1.54, 1.807) is 4.90 Å². The van der Waals surface area contributed by atoms with Crippen molar-refractivity contribution in [2.75, 3.05) is 18.5 Å². The minimum absolute atomic E-state index is 0.0378. The Bertz CT molecular complexity index is 960. The summed E-state index contributed by atoms with van der Waals surface area (Å²) in [4.78, 5) is 27.2. The molecule has 0 saturated carbocycles. The highest BCUT2D eigenvalue weighted by Gasteiger charge is 2.31. The molecule has 0 bridgehead atoms. The topological polar surface area (TPSA) is 58.6 Å². The van der Waals surface area contributed by atoms with Crippen molar-refractivity contribution in [2.45, 2.75) is 32.6 Å². The molecule has 1 N–H and O–H groups in total. The first-order valence-electron chi connectivity index (χ1n) is 10.4. The Balaban J connectivity index is 1.41. The number of para-hydroxylation sites is 2. The number of carbonyl (C=O) groups is 2. The van der Waals surface area contributed by atoms with Crippen LogP contribution in [0.3, 0.4) is 0 Å². The lowest BCUT2D eigenvalue weighted by Crippen LogP contribution is -2.29. The summed E-state index contributed by atoms with van der Waals surface area (Å²) < 4.78 is 6.13. The fourth-order valence-electron chi connectivity index (χ4n) is 3.19. The molecule has 2 amide bonds. The van der Waals surface area contributed by atoms with Gasteiger partial charge in [-0.2, -0.15) is 0 Å². The van der Waals surface area contributed by atoms with E-state index < -0.39 is 0 Å². The van der Waals surface area contributed by atoms with Crippen molar-refractivity contribution in [1.29, 1.82) is 0 Å². The molecule has 0 atom stereocenters. The Morgan fingerprint density at radius 1 is 1.10 bits per heavy atom. The quantitative estimate of drug-likeness (QED) is 0.292. The van der Waals surface area contributed by atoms with E-state index in [1.165, 1.54) is 11.8 Å². The number of nitrogens with zero attached hydrogens (tertiary/aromatic N) is 1. The second kappa shape index (κ2) is 11.7. The van der Waals surface area contributed by atoms with Gasteiger partial charge in [-0.05, 0) is 43.5 Å². The number of amides is 2. The molecule has 0 unspecified atom stereocenters. The van der Waals surface area contributed by atoms with Crippen LogP contribution in [-0.4, -0.2) is 34.2 Å². The SMILES string of the molecule is CCOc1ccccc1NC(=O)CCCCCN1C(=O)C(=Cc2ccccc2)SC1=S. The average Bonchev–Trinajstić information content (AvgIpc) is 3.03. The van der Waals surface area contributed by atoms with Crippen molar-refractivity contribution in [1.82, 2.24) is 4.90 Å². The van der Waals surface area contributed by atoms with Crippen molar-refractivity contribution in [3.63, 3.8) is 0 Å². The van der Waals surface area contributed by atoms with E-state index in [9.17, 15) is 9.59 Å². The third kappa shape index (κ3) is 6.67. The maximum atomic E-state index is 12.7. The number of nitrogens with one attached hydrogen (secondary N) is 1. The largest absolute Gasteiger partial charge is 0.492 e. The van der Waals surface area contributed by atoms with Gasteiger partial charge in [-0.25, -0.2) is 0 Å². The van der Waals surface area contributed by atoms with E-state index >= 15 is 0 Å². The van der Waals surface area contributed by atoms with Crippen LogP contribution >= 0.6 is 24.0 Å². The van der Waals surface area contributed by atoms with Gasteiger partial charge in [0.15, 0.2) is 0 Å². The van der Waals surface area contributed by atoms with Gasteiger partial charge in [0, 0.05) is 13.0 Å². The number of thioether (sulfide) groups is 1. The number of unbranched alkanes of at least 4 members (excludes halogenated alkanes) is 2. The molecule has 5 nitrogen and oxygen atoms in total. The van der Waals surface area contributed by atoms with Crippen LogP contribution in [0.1, 0.15) is 38.2 Å². The van der Waals surface area contributed by atoms with E-state index in [-0.39, 0.29) is 11.8 Å². The number of benzene rings is 2. The molecule has 1 saturated heterocycles. The van der Waals surface area contributed by atoms with Gasteiger partial charge < -0.3 is 10.1 Å². The van der Waals surface area contributed by atoms with Gasteiger partial charge in [0.1, 0.15) is 10.1 Å². The van der Waals surface area contributed by atoms with Gasteiger partial charge in [-0.15, -0.1) is 0 Å². The highest BCUT2D eigenvalue weighted by atomic mass is 32.2. The van der Waals surface area contributed by atoms with Crippen LogP contribution in [-0.2, 0) is 9.59 Å². The van der Waals surface area contributed by atoms with Gasteiger partial charge in [-0.1, -0.05) is 72.9 Å². The third-order valence-corrected chi connectivity index (χ3v) is 6.10. The zero-order chi connectivity index (χ0) is 22.1. The lowest BCUT2D eigenvalue weighted by Gasteiger charge is -2.14. The summed E-state index contributed by atoms with van der Waals surface area (Å²) in [6.45, 7) is 3.03. The molecule has 162 valence electrons. The molecule has 1 aliphatic rings. The summed E-state index contributed by atoms with van der Waals surface area (Å²) in [7, 11) is 0. The van der Waals surface area contributed by atoms with Crippen LogP contribution in [0.15, 0.2) is 59.5 Å². The van der Waals surface area contributed by atoms with Crippen LogP contribution in [0.5, 0.6) is 5.75 Å². The number of rotatable bonds is 10.